The predicted molar refractivity (Wildman–Crippen MR) is 557 cm³/mol. The van der Waals surface area contributed by atoms with E-state index in [-0.39, 0.29) is 18.3 Å². The molecule has 2 atom stereocenters. The molecule has 0 N–H and O–H groups in total. The van der Waals surface area contributed by atoms with Crippen LogP contribution in [0.25, 0.3) is 167 Å². The van der Waals surface area contributed by atoms with E-state index < -0.39 is 50.0 Å². The molecule has 15 nitrogen and oxygen atoms in total. The Bertz CT molecular complexity index is 8640. The number of pyridine rings is 10. The van der Waals surface area contributed by atoms with Crippen LogP contribution in [-0.4, -0.2) is 24.9 Å². The van der Waals surface area contributed by atoms with E-state index in [2.05, 4.69) is 297 Å². The number of hydrogen-bond donors (Lipinski definition) is 0. The van der Waals surface area contributed by atoms with Gasteiger partial charge >= 0.3 is 0 Å². The zero-order valence-electron chi connectivity index (χ0n) is 97.9. The van der Waals surface area contributed by atoms with E-state index >= 15 is 0 Å². The molecule has 0 spiro atoms. The lowest BCUT2D eigenvalue weighted by Crippen LogP contribution is -2.31. The molecule has 21 rings (SSSR count). The van der Waals surface area contributed by atoms with E-state index in [1.54, 1.807) is 12.1 Å². The molecule has 0 bridgehead atoms. The quantitative estimate of drug-likeness (QED) is 0.121. The van der Waals surface area contributed by atoms with E-state index in [0.717, 1.165) is 161 Å². The van der Waals surface area contributed by atoms with Crippen molar-refractivity contribution in [2.24, 2.45) is 46.5 Å². The summed E-state index contributed by atoms with van der Waals surface area (Å²) in [7, 11) is 10.2. The second-order valence-corrected chi connectivity index (χ2v) is 39.5. The molecule has 15 heterocycles. The maximum absolute atomic E-state index is 8.83. The smallest absolute Gasteiger partial charge is 0.227 e. The fourth-order valence-corrected chi connectivity index (χ4v) is 18.9. The lowest BCUT2D eigenvalue weighted by molar-refractivity contribution is -0.660. The fourth-order valence-electron chi connectivity index (χ4n) is 18.9. The summed E-state index contributed by atoms with van der Waals surface area (Å²) in [6.07, 6.45) is 10.5. The maximum atomic E-state index is 8.83. The molecule has 1 aliphatic rings. The van der Waals surface area contributed by atoms with E-state index in [1.807, 2.05) is 90.4 Å². The van der Waals surface area contributed by atoms with Gasteiger partial charge in [0.25, 0.3) is 0 Å². The summed E-state index contributed by atoms with van der Waals surface area (Å²) in [6, 6.07) is 51.1. The number of rotatable bonds is 10. The first-order valence-corrected chi connectivity index (χ1v) is 47.0. The van der Waals surface area contributed by atoms with Gasteiger partial charge in [-0.05, 0) is 263 Å². The van der Waals surface area contributed by atoms with Gasteiger partial charge in [0.1, 0.15) is 35.2 Å². The summed E-state index contributed by atoms with van der Waals surface area (Å²) < 4.78 is 154. The minimum absolute atomic E-state index is 0.00752. The first-order chi connectivity index (χ1) is 70.0. The number of aromatic nitrogens is 10. The Balaban J connectivity index is 0.000000128. The molecule has 15 heteroatoms. The van der Waals surface area contributed by atoms with Gasteiger partial charge in [0.2, 0.25) is 57.0 Å². The molecular weight excluding hydrogens is 1670 g/mol. The second-order valence-electron chi connectivity index (χ2n) is 39.5. The Morgan fingerprint density at radius 3 is 0.978 bits per heavy atom. The van der Waals surface area contributed by atoms with Crippen LogP contribution in [0.1, 0.15) is 238 Å². The average Bonchev–Trinajstić information content (AvgIpc) is 1.57. The third-order valence-corrected chi connectivity index (χ3v) is 27.2. The molecule has 0 amide bonds. The van der Waals surface area contributed by atoms with Crippen LogP contribution in [0.2, 0.25) is 0 Å². The van der Waals surface area contributed by atoms with Gasteiger partial charge in [-0.25, -0.2) is 47.8 Å². The predicted octanol–water partition coefficient (Wildman–Crippen LogP) is 28.9. The van der Waals surface area contributed by atoms with Gasteiger partial charge in [0, 0.05) is 171 Å². The van der Waals surface area contributed by atoms with E-state index in [0.29, 0.717) is 70.5 Å². The first-order valence-electron chi connectivity index (χ1n) is 54.0. The number of aryl methyl sites for hydroxylation is 20. The van der Waals surface area contributed by atoms with Crippen LogP contribution in [-0.2, 0) is 53.5 Å². The Morgan fingerprint density at radius 1 is 0.353 bits per heavy atom. The summed E-state index contributed by atoms with van der Waals surface area (Å²) in [5.41, 5.74) is 36.6. The Labute approximate surface area is 821 Å². The third-order valence-electron chi connectivity index (χ3n) is 27.2. The second kappa shape index (κ2) is 37.0. The van der Waals surface area contributed by atoms with Crippen molar-refractivity contribution >= 4 is 110 Å². The highest BCUT2D eigenvalue weighted by molar-refractivity contribution is 6.13. The lowest BCUT2D eigenvalue weighted by atomic mass is 9.90. The molecule has 1 aliphatic carbocycles. The highest BCUT2D eigenvalue weighted by Crippen LogP contribution is 2.45. The first kappa shape index (κ1) is 77.8. The molecule has 5 aromatic carbocycles. The SMILES string of the molecule is Cc1cc(-c2c(C)ccc3c2oc2nc(C(C)(C)C)ccc23)[n+](C)cc1C.[2H]C(C)(C)c1ccc2c(n1)oc1c(-c3cc(C)c(C)c[n+]3C)c(C)ccc12.[2H]C([2H])([2H])C(C)(Cc1ccc2c(n1)oc1c(-c3cc(C)c(C)c[n+]3C)c(C)ccc12)C([2H])([2H])[2H].[2H]C([2H])([2H])C([2H])(C)Cc1ccc2c(n1)oc1c(-c3cc(C)c(C)c[n+]3C)c(C)ccc12.[2H]C1([2H])CCCC1([2H])c1ccc2c(n1)oc1c(-c3cc(C)c(C)c[n+]3C)c(C)ccc12. The molecule has 0 saturated heterocycles. The number of hydrogen-bond acceptors (Lipinski definition) is 10. The summed E-state index contributed by atoms with van der Waals surface area (Å²) >= 11 is 0. The van der Waals surface area contributed by atoms with Crippen molar-refractivity contribution in [2.75, 3.05) is 0 Å². The summed E-state index contributed by atoms with van der Waals surface area (Å²) in [5, 5.41) is 9.69. The molecule has 20 aromatic rings. The van der Waals surface area contributed by atoms with Crippen molar-refractivity contribution in [3.05, 3.63) is 295 Å². The molecule has 1 fully saturated rings. The number of benzene rings is 5. The van der Waals surface area contributed by atoms with Gasteiger partial charge < -0.3 is 22.1 Å². The molecule has 2 unspecified atom stereocenters. The monoisotopic (exact) mass is 1820 g/mol. The normalized spacial score (nSPS) is 16.3. The number of nitrogens with zero attached hydrogens (tertiary/aromatic N) is 10. The van der Waals surface area contributed by atoms with Crippen molar-refractivity contribution in [3.63, 3.8) is 0 Å². The van der Waals surface area contributed by atoms with Crippen molar-refractivity contribution < 1.29 is 64.1 Å². The maximum Gasteiger partial charge on any atom is 0.227 e. The van der Waals surface area contributed by atoms with Crippen LogP contribution in [0.4, 0.5) is 0 Å². The van der Waals surface area contributed by atoms with Crippen LogP contribution in [0, 0.1) is 115 Å². The number of fused-ring (bicyclic) bond motifs is 15. The Morgan fingerprint density at radius 2 is 0.654 bits per heavy atom. The minimum Gasteiger partial charge on any atom is -0.437 e. The molecular formula is C121H135N10O5+5. The van der Waals surface area contributed by atoms with Crippen LogP contribution >= 0.6 is 0 Å². The van der Waals surface area contributed by atoms with E-state index in [1.165, 1.54) is 80.6 Å². The van der Waals surface area contributed by atoms with Gasteiger partial charge in [-0.15, -0.1) is 0 Å². The van der Waals surface area contributed by atoms with E-state index in [4.69, 9.17) is 46.3 Å². The number of furan rings is 5. The molecule has 1 saturated carbocycles. The Hall–Kier alpha value is -13.4. The van der Waals surface area contributed by atoms with Crippen molar-refractivity contribution in [2.45, 2.75) is 229 Å². The molecule has 136 heavy (non-hydrogen) atoms. The van der Waals surface area contributed by atoms with Crippen LogP contribution < -0.4 is 22.8 Å². The molecule has 15 aromatic heterocycles. The largest absolute Gasteiger partial charge is 0.437 e. The fraction of sp³-hybridized carbons (Fsp3) is 0.339. The van der Waals surface area contributed by atoms with E-state index in [9.17, 15) is 0 Å². The van der Waals surface area contributed by atoms with Gasteiger partial charge in [0.05, 0.1) is 27.8 Å². The van der Waals surface area contributed by atoms with Crippen molar-refractivity contribution in [1.82, 2.24) is 24.9 Å². The average molecular weight is 1820 g/mol. The Kier molecular flexibility index (Phi) is 21.2. The minimum atomic E-state index is -2.68. The van der Waals surface area contributed by atoms with Gasteiger partial charge in [-0.2, -0.15) is 0 Å². The summed E-state index contributed by atoms with van der Waals surface area (Å²) in [6.45, 7) is 36.8. The molecule has 0 aliphatic heterocycles. The van der Waals surface area contributed by atoms with Crippen LogP contribution in [0.5, 0.6) is 0 Å². The zero-order chi connectivity index (χ0) is 109. The molecule has 0 radical (unpaired) electrons. The highest BCUT2D eigenvalue weighted by Gasteiger charge is 2.31. The van der Waals surface area contributed by atoms with Gasteiger partial charge in [-0.3, -0.25) is 0 Å². The van der Waals surface area contributed by atoms with Crippen LogP contribution in [0.3, 0.4) is 0 Å². The third kappa shape index (κ3) is 18.4. The van der Waals surface area contributed by atoms with Crippen molar-refractivity contribution in [1.29, 1.82) is 0 Å². The lowest BCUT2D eigenvalue weighted by Gasteiger charge is -2.16. The zero-order valence-corrected chi connectivity index (χ0v) is 83.9. The summed E-state index contributed by atoms with van der Waals surface area (Å²) in [5.74, 6) is -3.71. The van der Waals surface area contributed by atoms with Gasteiger partial charge in [0.15, 0.2) is 58.9 Å². The van der Waals surface area contributed by atoms with Crippen molar-refractivity contribution in [3.8, 4) is 56.3 Å². The van der Waals surface area contributed by atoms with Crippen LogP contribution in [0.15, 0.2) is 205 Å². The van der Waals surface area contributed by atoms with Gasteiger partial charge in [-0.1, -0.05) is 143 Å². The molecule has 694 valence electrons. The standard InChI is InChI=1S/C25H27N2O.C25H29N2O.2C24H27N2O.C23H25N2O/c1-15-9-10-19-20-11-12-21(18-7-5-6-8-18)26-25(20)28-24(19)23(15)22-13-16(2)17(3)14-27(22)4;1-15-8-10-19-20-11-9-18(13-25(4,5)6)26-24(20)28-23(19)22(15)21-12-16(2)17(3)14-27(21)7;1-14-8-9-17-18-10-11-20(24(4,5)6)25-23(18)27-22(17)21(14)19-12-15(2)16(3)13-26(19)7;1-14(2)11-18-8-10-20-19-9-7-15(3)22(23(19)27-24(20)25-18)21-12-16(4)17(5)13-26(21)6;1-13(2)19-10-9-18-17-8-7-14(3)21(22(17)26-23(18)24-19)20-11-15(4)16(5)12-25(20)6/h9-14,18H,5-8H2,1-4H3;8-12,14H,13H2,1-7H3;8-13H,1-7H3;7-10,12-14H,11H2,1-6H3;7-13H,1-6H3/q5*+1/i7D2,18D;4D3,5D3;;1D3,14D;13D. The summed E-state index contributed by atoms with van der Waals surface area (Å²) in [4.78, 5) is 23.3. The highest BCUT2D eigenvalue weighted by atomic mass is 16.4. The topological polar surface area (TPSA) is 150 Å².